The number of aliphatic carboxylic acids is 1. The van der Waals surface area contributed by atoms with Crippen LogP contribution < -0.4 is 5.11 Å². The molecule has 1 aliphatic carbocycles. The van der Waals surface area contributed by atoms with Gasteiger partial charge in [0.25, 0.3) is 0 Å². The molecule has 2 heteroatoms. The Hall–Kier alpha value is -0.530. The maximum absolute atomic E-state index is 9.97. The van der Waals surface area contributed by atoms with Crippen LogP contribution in [0.2, 0.25) is 0 Å². The van der Waals surface area contributed by atoms with Gasteiger partial charge in [-0.05, 0) is 12.8 Å². The molecule has 0 heterocycles. The van der Waals surface area contributed by atoms with Crippen molar-refractivity contribution in [2.24, 2.45) is 5.41 Å². The van der Waals surface area contributed by atoms with Crippen molar-refractivity contribution in [2.75, 3.05) is 0 Å². The second kappa shape index (κ2) is 0.997. The van der Waals surface area contributed by atoms with Crippen molar-refractivity contribution in [3.63, 3.8) is 0 Å². The molecule has 0 aromatic rings. The molecule has 0 amide bonds. The molecule has 1 saturated carbocycles. The van der Waals surface area contributed by atoms with Crippen molar-refractivity contribution in [2.45, 2.75) is 19.8 Å². The van der Waals surface area contributed by atoms with Crippen molar-refractivity contribution in [1.82, 2.24) is 0 Å². The lowest BCUT2D eigenvalue weighted by atomic mass is 10.2. The minimum absolute atomic E-state index is 0.444. The molecule has 7 heavy (non-hydrogen) atoms. The number of carboxylic acid groups (broad SMARTS) is 1. The average Bonchev–Trinajstić information content (AvgIpc) is 2.21. The Bertz CT molecular complexity index is 103. The predicted octanol–water partition coefficient (Wildman–Crippen LogP) is -0.464. The summed E-state index contributed by atoms with van der Waals surface area (Å²) in [5, 5.41) is 9.97. The third-order valence-electron chi connectivity index (χ3n) is 1.49. The van der Waals surface area contributed by atoms with Gasteiger partial charge in [-0.25, -0.2) is 0 Å². The van der Waals surface area contributed by atoms with E-state index in [1.807, 2.05) is 0 Å². The van der Waals surface area contributed by atoms with Gasteiger partial charge in [0.15, 0.2) is 0 Å². The van der Waals surface area contributed by atoms with E-state index in [2.05, 4.69) is 0 Å². The van der Waals surface area contributed by atoms with E-state index in [-0.39, 0.29) is 0 Å². The smallest absolute Gasteiger partial charge is 0.0473 e. The van der Waals surface area contributed by atoms with Crippen LogP contribution in [0.25, 0.3) is 0 Å². The second-order valence-electron chi connectivity index (χ2n) is 2.35. The van der Waals surface area contributed by atoms with Gasteiger partial charge in [-0.2, -0.15) is 0 Å². The number of hydrogen-bond donors (Lipinski definition) is 0. The first-order valence-electron chi connectivity index (χ1n) is 2.37. The molecule has 0 N–H and O–H groups in total. The summed E-state index contributed by atoms with van der Waals surface area (Å²) in [5.74, 6) is -0.896. The molecular weight excluding hydrogens is 92.1 g/mol. The zero-order valence-corrected chi connectivity index (χ0v) is 4.23. The third kappa shape index (κ3) is 0.601. The van der Waals surface area contributed by atoms with Crippen LogP contribution in [0.4, 0.5) is 0 Å². The highest BCUT2D eigenvalue weighted by Gasteiger charge is 2.38. The van der Waals surface area contributed by atoms with Crippen LogP contribution in [-0.4, -0.2) is 5.97 Å². The number of rotatable bonds is 1. The molecular formula is C5H7O2-. The molecule has 0 unspecified atom stereocenters. The van der Waals surface area contributed by atoms with Gasteiger partial charge in [0.1, 0.15) is 0 Å². The quantitative estimate of drug-likeness (QED) is 0.446. The highest BCUT2D eigenvalue weighted by molar-refractivity contribution is 5.74. The lowest BCUT2D eigenvalue weighted by Crippen LogP contribution is -2.30. The fourth-order valence-electron chi connectivity index (χ4n) is 0.392. The van der Waals surface area contributed by atoms with Gasteiger partial charge in [0, 0.05) is 11.4 Å². The van der Waals surface area contributed by atoms with Crippen molar-refractivity contribution in [3.05, 3.63) is 0 Å². The van der Waals surface area contributed by atoms with Crippen LogP contribution >= 0.6 is 0 Å². The monoisotopic (exact) mass is 99.0 g/mol. The summed E-state index contributed by atoms with van der Waals surface area (Å²) in [6.07, 6.45) is 1.60. The van der Waals surface area contributed by atoms with Crippen molar-refractivity contribution < 1.29 is 9.90 Å². The SMILES string of the molecule is CC1(C(=O)[O-])CC1. The van der Waals surface area contributed by atoms with E-state index in [1.165, 1.54) is 0 Å². The first-order chi connectivity index (χ1) is 3.15. The minimum atomic E-state index is -0.896. The molecule has 40 valence electrons. The molecule has 0 radical (unpaired) electrons. The van der Waals surface area contributed by atoms with E-state index in [9.17, 15) is 9.90 Å². The van der Waals surface area contributed by atoms with Crippen LogP contribution in [0.5, 0.6) is 0 Å². The fraction of sp³-hybridized carbons (Fsp3) is 0.800. The molecule has 1 rings (SSSR count). The molecule has 0 bridgehead atoms. The van der Waals surface area contributed by atoms with E-state index < -0.39 is 11.4 Å². The Balaban J connectivity index is 2.55. The van der Waals surface area contributed by atoms with Gasteiger partial charge in [-0.1, -0.05) is 6.92 Å². The molecule has 0 aromatic carbocycles. The molecule has 0 atom stereocenters. The summed E-state index contributed by atoms with van der Waals surface area (Å²) >= 11 is 0. The number of carboxylic acids is 1. The lowest BCUT2D eigenvalue weighted by Gasteiger charge is -2.06. The van der Waals surface area contributed by atoms with Crippen molar-refractivity contribution in [1.29, 1.82) is 0 Å². The van der Waals surface area contributed by atoms with Gasteiger partial charge >= 0.3 is 0 Å². The second-order valence-corrected chi connectivity index (χ2v) is 2.35. The highest BCUT2D eigenvalue weighted by atomic mass is 16.4. The standard InChI is InChI=1S/C5H8O2/c1-5(2-3-5)4(6)7/h2-3H2,1H3,(H,6,7)/p-1. The average molecular weight is 99.1 g/mol. The van der Waals surface area contributed by atoms with E-state index >= 15 is 0 Å². The molecule has 1 fully saturated rings. The van der Waals surface area contributed by atoms with Gasteiger partial charge in [-0.3, -0.25) is 0 Å². The third-order valence-corrected chi connectivity index (χ3v) is 1.49. The molecule has 1 aliphatic rings. The largest absolute Gasteiger partial charge is 0.550 e. The Kier molecular flexibility index (Phi) is 0.659. The Labute approximate surface area is 42.1 Å². The van der Waals surface area contributed by atoms with E-state index in [4.69, 9.17) is 0 Å². The maximum Gasteiger partial charge on any atom is 0.0473 e. The summed E-state index contributed by atoms with van der Waals surface area (Å²) < 4.78 is 0. The van der Waals surface area contributed by atoms with E-state index in [1.54, 1.807) is 6.92 Å². The number of carbonyl (C=O) groups excluding carboxylic acids is 1. The normalized spacial score (nSPS) is 24.1. The van der Waals surface area contributed by atoms with Crippen LogP contribution in [-0.2, 0) is 4.79 Å². The van der Waals surface area contributed by atoms with E-state index in [0.29, 0.717) is 0 Å². The number of hydrogen-bond acceptors (Lipinski definition) is 2. The molecule has 0 saturated heterocycles. The minimum Gasteiger partial charge on any atom is -0.550 e. The van der Waals surface area contributed by atoms with Crippen LogP contribution in [0.1, 0.15) is 19.8 Å². The summed E-state index contributed by atoms with van der Waals surface area (Å²) in [6.45, 7) is 1.71. The fourth-order valence-corrected chi connectivity index (χ4v) is 0.392. The lowest BCUT2D eigenvalue weighted by molar-refractivity contribution is -0.313. The van der Waals surface area contributed by atoms with E-state index in [0.717, 1.165) is 12.8 Å². The van der Waals surface area contributed by atoms with Crippen LogP contribution in [0.3, 0.4) is 0 Å². The topological polar surface area (TPSA) is 40.1 Å². The summed E-state index contributed by atoms with van der Waals surface area (Å²) in [7, 11) is 0. The summed E-state index contributed by atoms with van der Waals surface area (Å²) in [4.78, 5) is 9.97. The zero-order chi connectivity index (χ0) is 5.49. The maximum atomic E-state index is 9.97. The first kappa shape index (κ1) is 4.62. The first-order valence-corrected chi connectivity index (χ1v) is 2.37. The molecule has 0 aromatic heterocycles. The highest BCUT2D eigenvalue weighted by Crippen LogP contribution is 2.43. The summed E-state index contributed by atoms with van der Waals surface area (Å²) in [5.41, 5.74) is -0.444. The van der Waals surface area contributed by atoms with Gasteiger partial charge < -0.3 is 9.90 Å². The Morgan fingerprint density at radius 1 is 1.71 bits per heavy atom. The Morgan fingerprint density at radius 2 is 2.14 bits per heavy atom. The van der Waals surface area contributed by atoms with Crippen LogP contribution in [0, 0.1) is 5.41 Å². The number of carbonyl (C=O) groups is 1. The van der Waals surface area contributed by atoms with Gasteiger partial charge in [0.05, 0.1) is 0 Å². The molecule has 2 nitrogen and oxygen atoms in total. The predicted molar refractivity (Wildman–Crippen MR) is 22.3 cm³/mol. The Morgan fingerprint density at radius 3 is 2.14 bits per heavy atom. The molecule has 0 spiro atoms. The van der Waals surface area contributed by atoms with Crippen molar-refractivity contribution >= 4 is 5.97 Å². The summed E-state index contributed by atoms with van der Waals surface area (Å²) in [6, 6.07) is 0. The zero-order valence-electron chi connectivity index (χ0n) is 4.23. The molecule has 0 aliphatic heterocycles. The van der Waals surface area contributed by atoms with Gasteiger partial charge in [0.2, 0.25) is 0 Å². The van der Waals surface area contributed by atoms with Crippen molar-refractivity contribution in [3.8, 4) is 0 Å². The van der Waals surface area contributed by atoms with Crippen LogP contribution in [0.15, 0.2) is 0 Å². The van der Waals surface area contributed by atoms with Gasteiger partial charge in [-0.15, -0.1) is 0 Å².